The van der Waals surface area contributed by atoms with E-state index in [1.807, 2.05) is 49.1 Å². The van der Waals surface area contributed by atoms with E-state index < -0.39 is 15.2 Å². The Hall–Kier alpha value is -6.58. The number of benzene rings is 6. The first-order chi connectivity index (χ1) is 29.0. The van der Waals surface area contributed by atoms with Gasteiger partial charge in [-0.05, 0) is 0 Å². The molecule has 0 fully saturated rings. The third kappa shape index (κ3) is 5.78. The summed E-state index contributed by atoms with van der Waals surface area (Å²) in [5, 5.41) is 12.0. The zero-order valence-corrected chi connectivity index (χ0v) is 34.8. The van der Waals surface area contributed by atoms with Crippen molar-refractivity contribution in [2.24, 2.45) is 0 Å². The molecular weight excluding hydrogens is 759 g/mol. The Kier molecular flexibility index (Phi) is 8.48. The van der Waals surface area contributed by atoms with E-state index in [1.165, 1.54) is 31.8 Å². The minimum atomic E-state index is -2.96. The van der Waals surface area contributed by atoms with Crippen molar-refractivity contribution in [1.29, 1.82) is 0 Å². The summed E-state index contributed by atoms with van der Waals surface area (Å²) in [5.74, 6) is 0. The van der Waals surface area contributed by atoms with Crippen molar-refractivity contribution in [3.05, 3.63) is 183 Å². The molecule has 0 atom stereocenters. The second kappa shape index (κ2) is 14.1. The van der Waals surface area contributed by atoms with Crippen molar-refractivity contribution in [2.45, 2.75) is 0 Å². The summed E-state index contributed by atoms with van der Waals surface area (Å²) in [5.41, 5.74) is 8.51. The molecule has 6 aromatic carbocycles. The first-order valence-electron chi connectivity index (χ1n) is 19.9. The van der Waals surface area contributed by atoms with Crippen LogP contribution in [0.1, 0.15) is 0 Å². The second-order valence-electron chi connectivity index (χ2n) is 15.5. The van der Waals surface area contributed by atoms with Crippen LogP contribution in [0.3, 0.4) is 0 Å². The molecule has 0 N–H and O–H groups in total. The van der Waals surface area contributed by atoms with E-state index in [-0.39, 0.29) is 0 Å². The molecule has 0 amide bonds. The van der Waals surface area contributed by atoms with Gasteiger partial charge in [0.05, 0.1) is 0 Å². The number of hydrogen-bond acceptors (Lipinski definition) is 6. The van der Waals surface area contributed by atoms with Gasteiger partial charge in [-0.3, -0.25) is 0 Å². The third-order valence-corrected chi connectivity index (χ3v) is 19.1. The summed E-state index contributed by atoms with van der Waals surface area (Å²) in [6, 6.07) is 57.9. The van der Waals surface area contributed by atoms with Crippen molar-refractivity contribution >= 4 is 113 Å². The molecule has 6 nitrogen and oxygen atoms in total. The van der Waals surface area contributed by atoms with Crippen LogP contribution in [-0.2, 0) is 0 Å². The molecule has 284 valence electrons. The Bertz CT molecular complexity index is 3070. The molecular formula is C51H40N6P2. The third-order valence-electron chi connectivity index (χ3n) is 12.2. The summed E-state index contributed by atoms with van der Waals surface area (Å²) in [4.78, 5) is 24.8. The molecule has 0 saturated heterocycles. The van der Waals surface area contributed by atoms with Crippen molar-refractivity contribution in [2.75, 3.05) is 30.6 Å². The molecule has 5 heterocycles. The molecule has 8 heteroatoms. The second-order valence-corrected chi connectivity index (χ2v) is 21.5. The average Bonchev–Trinajstić information content (AvgIpc) is 3.30. The molecule has 0 bridgehead atoms. The van der Waals surface area contributed by atoms with E-state index in [4.69, 9.17) is 19.9 Å². The zero-order valence-electron chi connectivity index (χ0n) is 33.0. The summed E-state index contributed by atoms with van der Waals surface area (Å²) in [7, 11) is 0.363. The Labute approximate surface area is 345 Å². The van der Waals surface area contributed by atoms with Crippen LogP contribution in [0.25, 0.3) is 43.6 Å². The number of anilines is 4. The van der Waals surface area contributed by atoms with Gasteiger partial charge in [-0.25, -0.2) is 0 Å². The minimum absolute atomic E-state index is 0.972. The maximum atomic E-state index is 4.99. The van der Waals surface area contributed by atoms with Gasteiger partial charge in [0.25, 0.3) is 0 Å². The van der Waals surface area contributed by atoms with Gasteiger partial charge in [0, 0.05) is 0 Å². The van der Waals surface area contributed by atoms with Crippen LogP contribution >= 0.6 is 15.2 Å². The normalized spacial score (nSPS) is 15.5. The van der Waals surface area contributed by atoms with E-state index >= 15 is 0 Å². The first-order valence-corrected chi connectivity index (χ1v) is 23.7. The molecule has 0 spiro atoms. The molecule has 10 aromatic rings. The fraction of sp³-hybridized carbons (Fsp3) is 0.0588. The van der Waals surface area contributed by atoms with Gasteiger partial charge in [0.15, 0.2) is 0 Å². The molecule has 59 heavy (non-hydrogen) atoms. The molecule has 0 unspecified atom stereocenters. The molecule has 1 aliphatic rings. The van der Waals surface area contributed by atoms with Gasteiger partial charge >= 0.3 is 346 Å². The quantitative estimate of drug-likeness (QED) is 0.163. The van der Waals surface area contributed by atoms with E-state index in [2.05, 4.69) is 164 Å². The van der Waals surface area contributed by atoms with Crippen molar-refractivity contribution < 1.29 is 0 Å². The Balaban J connectivity index is 1.37. The summed E-state index contributed by atoms with van der Waals surface area (Å²) >= 11 is 0. The molecule has 0 aliphatic carbocycles. The summed E-state index contributed by atoms with van der Waals surface area (Å²) in [6.07, 6.45) is 7.62. The topological polar surface area (TPSA) is 58.0 Å². The Morgan fingerprint density at radius 1 is 0.407 bits per heavy atom. The van der Waals surface area contributed by atoms with Crippen LogP contribution in [0.2, 0.25) is 0 Å². The predicted molar refractivity (Wildman–Crippen MR) is 255 cm³/mol. The van der Waals surface area contributed by atoms with E-state index in [0.29, 0.717) is 0 Å². The maximum absolute atomic E-state index is 4.99. The number of hydrogen-bond donors (Lipinski definition) is 0. The standard InChI is InChI=1S/C51H40N6P2/c1-56-44-26-34-14-10-22-52-40(34)30-48(44)58(38-18-6-4-7-19-38)49-31-41-35(15-11-23-53-41)27-45(49)57(2)47-29-37-17-13-25-55-43(37)33-51(47)59(3,39-20-8-5-9-21-39)50-32-42-36(28-46(50)56)16-12-24-54-42/h4-33,59H,1-3H3. The average molecular weight is 799 g/mol. The van der Waals surface area contributed by atoms with Gasteiger partial charge in [0.1, 0.15) is 0 Å². The van der Waals surface area contributed by atoms with E-state index in [0.717, 1.165) is 66.4 Å². The number of nitrogens with zero attached hydrogens (tertiary/aromatic N) is 6. The molecule has 11 rings (SSSR count). The molecule has 0 radical (unpaired) electrons. The zero-order chi connectivity index (χ0) is 39.7. The molecule has 4 aromatic heterocycles. The summed E-state index contributed by atoms with van der Waals surface area (Å²) in [6.45, 7) is 2.52. The van der Waals surface area contributed by atoms with Crippen LogP contribution in [0.4, 0.5) is 22.7 Å². The number of fused-ring (bicyclic) bond motifs is 8. The SMILES string of the molecule is CN1c2cc3cccnc3cc2P(c2ccccc2)c2cc3ncccc3cc2N(C)c2cc3cccnc3cc2[PH](C)(c2ccccc2)c2cc3ncccc3cc21. The fourth-order valence-corrected chi connectivity index (χ4v) is 15.9. The van der Waals surface area contributed by atoms with Crippen molar-refractivity contribution in [3.63, 3.8) is 0 Å². The van der Waals surface area contributed by atoms with Crippen molar-refractivity contribution in [1.82, 2.24) is 19.9 Å². The summed E-state index contributed by atoms with van der Waals surface area (Å²) < 4.78 is 0. The van der Waals surface area contributed by atoms with Gasteiger partial charge in [-0.1, -0.05) is 0 Å². The van der Waals surface area contributed by atoms with Crippen molar-refractivity contribution in [3.8, 4) is 0 Å². The van der Waals surface area contributed by atoms with Crippen LogP contribution in [0.15, 0.2) is 183 Å². The van der Waals surface area contributed by atoms with Crippen LogP contribution in [-0.4, -0.2) is 40.7 Å². The van der Waals surface area contributed by atoms with E-state index in [9.17, 15) is 0 Å². The van der Waals surface area contributed by atoms with Gasteiger partial charge in [-0.2, -0.15) is 0 Å². The fourth-order valence-electron chi connectivity index (χ4n) is 9.13. The van der Waals surface area contributed by atoms with Gasteiger partial charge in [-0.15, -0.1) is 0 Å². The number of pyridine rings is 4. The molecule has 1 aliphatic heterocycles. The van der Waals surface area contributed by atoms with E-state index in [1.54, 1.807) is 0 Å². The van der Waals surface area contributed by atoms with Crippen LogP contribution in [0.5, 0.6) is 0 Å². The van der Waals surface area contributed by atoms with Crippen LogP contribution < -0.4 is 41.6 Å². The number of rotatable bonds is 2. The van der Waals surface area contributed by atoms with Gasteiger partial charge < -0.3 is 0 Å². The predicted octanol–water partition coefficient (Wildman–Crippen LogP) is 9.14. The first kappa shape index (κ1) is 35.6. The molecule has 0 saturated carbocycles. The Morgan fingerprint density at radius 3 is 1.20 bits per heavy atom. The van der Waals surface area contributed by atoms with Crippen LogP contribution in [0, 0.1) is 0 Å². The monoisotopic (exact) mass is 798 g/mol. The van der Waals surface area contributed by atoms with Gasteiger partial charge in [0.2, 0.25) is 0 Å². The number of aromatic nitrogens is 4. The Morgan fingerprint density at radius 2 is 0.780 bits per heavy atom.